The van der Waals surface area contributed by atoms with Crippen LogP contribution in [0, 0.1) is 0 Å². The van der Waals surface area contributed by atoms with Crippen molar-refractivity contribution in [2.45, 2.75) is 19.0 Å². The van der Waals surface area contributed by atoms with Gasteiger partial charge in [-0.05, 0) is 41.3 Å². The fraction of sp³-hybridized carbons (Fsp3) is 0.160. The first-order chi connectivity index (χ1) is 14.2. The van der Waals surface area contributed by atoms with Crippen molar-refractivity contribution in [1.29, 1.82) is 0 Å². The maximum absolute atomic E-state index is 5.24. The monoisotopic (exact) mass is 416 g/mol. The van der Waals surface area contributed by atoms with Crippen LogP contribution in [0.2, 0.25) is 0 Å². The van der Waals surface area contributed by atoms with Crippen LogP contribution < -0.4 is 10.6 Å². The second-order valence-corrected chi connectivity index (χ2v) is 8.97. The van der Waals surface area contributed by atoms with E-state index < -0.39 is 0 Å². The molecule has 2 atom stereocenters. The number of nitrogens with one attached hydrogen (secondary N) is 2. The smallest absolute Gasteiger partial charge is 0.138 e. The van der Waals surface area contributed by atoms with Gasteiger partial charge in [0.2, 0.25) is 0 Å². The van der Waals surface area contributed by atoms with Crippen molar-refractivity contribution >= 4 is 34.4 Å². The van der Waals surface area contributed by atoms with Gasteiger partial charge in [0, 0.05) is 17.5 Å². The van der Waals surface area contributed by atoms with Crippen molar-refractivity contribution in [3.8, 4) is 0 Å². The van der Waals surface area contributed by atoms with Crippen LogP contribution in [0.1, 0.15) is 41.3 Å². The Kier molecular flexibility index (Phi) is 6.45. The molecule has 1 fully saturated rings. The van der Waals surface area contributed by atoms with Gasteiger partial charge in [-0.2, -0.15) is 0 Å². The quantitative estimate of drug-likeness (QED) is 0.475. The van der Waals surface area contributed by atoms with Gasteiger partial charge in [-0.15, -0.1) is 0 Å². The lowest BCUT2D eigenvalue weighted by Crippen LogP contribution is -2.25. The molecule has 3 aromatic rings. The molecule has 1 unspecified atom stereocenters. The van der Waals surface area contributed by atoms with Crippen LogP contribution in [0.3, 0.4) is 0 Å². The molecule has 0 bridgehead atoms. The third-order valence-electron chi connectivity index (χ3n) is 5.05. The van der Waals surface area contributed by atoms with E-state index in [1.807, 2.05) is 0 Å². The summed E-state index contributed by atoms with van der Waals surface area (Å²) in [6.07, 6.45) is 2.23. The third kappa shape index (κ3) is 5.15. The first kappa shape index (κ1) is 19.9. The summed E-state index contributed by atoms with van der Waals surface area (Å²) < 4.78 is 0.855. The highest BCUT2D eigenvalue weighted by Gasteiger charge is 2.18. The van der Waals surface area contributed by atoms with Crippen molar-refractivity contribution in [3.63, 3.8) is 0 Å². The molecule has 4 heteroatoms. The maximum atomic E-state index is 5.24. The second-order valence-electron chi connectivity index (χ2n) is 7.17. The molecule has 1 aliphatic rings. The van der Waals surface area contributed by atoms with Crippen molar-refractivity contribution < 1.29 is 0 Å². The summed E-state index contributed by atoms with van der Waals surface area (Å²) in [7, 11) is 0. The molecule has 29 heavy (non-hydrogen) atoms. The van der Waals surface area contributed by atoms with Crippen molar-refractivity contribution in [3.05, 3.63) is 112 Å². The first-order valence-corrected chi connectivity index (χ1v) is 11.0. The van der Waals surface area contributed by atoms with Crippen molar-refractivity contribution in [2.24, 2.45) is 0 Å². The van der Waals surface area contributed by atoms with E-state index in [0.29, 0.717) is 0 Å². The van der Waals surface area contributed by atoms with Gasteiger partial charge in [-0.25, -0.2) is 0 Å². The van der Waals surface area contributed by atoms with E-state index in [4.69, 9.17) is 12.2 Å². The minimum atomic E-state index is 0.111. The summed E-state index contributed by atoms with van der Waals surface area (Å²) in [6.45, 7) is 3.04. The lowest BCUT2D eigenvalue weighted by molar-refractivity contribution is 0.516. The van der Waals surface area contributed by atoms with Crippen LogP contribution in [0.15, 0.2) is 89.8 Å². The summed E-state index contributed by atoms with van der Waals surface area (Å²) in [5.41, 5.74) is 5.00. The highest BCUT2D eigenvalue weighted by Crippen LogP contribution is 2.29. The van der Waals surface area contributed by atoms with Gasteiger partial charge in [0.05, 0.1) is 6.04 Å². The molecule has 146 valence electrons. The van der Waals surface area contributed by atoms with Gasteiger partial charge < -0.3 is 5.32 Å². The van der Waals surface area contributed by atoms with E-state index >= 15 is 0 Å². The van der Waals surface area contributed by atoms with E-state index in [-0.39, 0.29) is 12.1 Å². The summed E-state index contributed by atoms with van der Waals surface area (Å²) in [5, 5.41) is 7.05. The fourth-order valence-electron chi connectivity index (χ4n) is 3.56. The summed E-state index contributed by atoms with van der Waals surface area (Å²) in [6, 6.07) is 30.4. The number of rotatable bonds is 6. The Morgan fingerprint density at radius 1 is 0.897 bits per heavy atom. The summed E-state index contributed by atoms with van der Waals surface area (Å²) in [5.74, 6) is 0. The molecule has 0 aromatic heterocycles. The Labute approximate surface area is 182 Å². The van der Waals surface area contributed by atoms with Crippen LogP contribution in [0.25, 0.3) is 6.08 Å². The molecule has 0 saturated carbocycles. The maximum Gasteiger partial charge on any atom is 0.138 e. The molecule has 0 amide bonds. The van der Waals surface area contributed by atoms with Crippen LogP contribution >= 0.6 is 24.0 Å². The summed E-state index contributed by atoms with van der Waals surface area (Å²) >= 11 is 6.88. The van der Waals surface area contributed by atoms with Gasteiger partial charge in [-0.3, -0.25) is 5.32 Å². The average molecular weight is 417 g/mol. The molecule has 4 rings (SSSR count). The minimum Gasteiger partial charge on any atom is -0.366 e. The second kappa shape index (κ2) is 9.40. The molecule has 3 aromatic carbocycles. The zero-order chi connectivity index (χ0) is 20.1. The molecule has 2 N–H and O–H groups in total. The highest BCUT2D eigenvalue weighted by molar-refractivity contribution is 8.26. The Balaban J connectivity index is 1.65. The van der Waals surface area contributed by atoms with Crippen LogP contribution in [-0.2, 0) is 0 Å². The number of benzene rings is 3. The number of thioether (sulfide) groups is 1. The number of hydrogen-bond acceptors (Lipinski definition) is 3. The number of hydrogen-bond donors (Lipinski definition) is 2. The predicted molar refractivity (Wildman–Crippen MR) is 129 cm³/mol. The first-order valence-electron chi connectivity index (χ1n) is 9.81. The van der Waals surface area contributed by atoms with E-state index in [1.54, 1.807) is 11.8 Å². The zero-order valence-electron chi connectivity index (χ0n) is 16.3. The highest BCUT2D eigenvalue weighted by atomic mass is 32.2. The normalized spacial score (nSPS) is 17.1. The molecule has 1 saturated heterocycles. The lowest BCUT2D eigenvalue weighted by Gasteiger charge is -2.25. The molecule has 0 spiro atoms. The molecule has 0 aliphatic carbocycles. The van der Waals surface area contributed by atoms with Gasteiger partial charge in [0.25, 0.3) is 0 Å². The Morgan fingerprint density at radius 2 is 1.55 bits per heavy atom. The van der Waals surface area contributed by atoms with Crippen molar-refractivity contribution in [2.75, 3.05) is 6.54 Å². The van der Waals surface area contributed by atoms with Gasteiger partial charge in [-0.1, -0.05) is 103 Å². The molecular formula is C25H24N2S2. The van der Waals surface area contributed by atoms with E-state index in [0.717, 1.165) is 10.9 Å². The van der Waals surface area contributed by atoms with Crippen LogP contribution in [-0.4, -0.2) is 10.9 Å². The fourth-order valence-corrected chi connectivity index (χ4v) is 4.68. The van der Waals surface area contributed by atoms with Crippen molar-refractivity contribution in [1.82, 2.24) is 10.6 Å². The van der Waals surface area contributed by atoms with Gasteiger partial charge in [0.15, 0.2) is 0 Å². The van der Waals surface area contributed by atoms with Gasteiger partial charge in [0.1, 0.15) is 4.32 Å². The van der Waals surface area contributed by atoms with Crippen LogP contribution in [0.5, 0.6) is 0 Å². The molecule has 1 aliphatic heterocycles. The predicted octanol–water partition coefficient (Wildman–Crippen LogP) is 6.09. The Hall–Kier alpha value is -2.40. The molecule has 0 radical (unpaired) electrons. The van der Waals surface area contributed by atoms with E-state index in [9.17, 15) is 0 Å². The number of thiocarbonyl (C=S) groups is 1. The Morgan fingerprint density at radius 3 is 2.21 bits per heavy atom. The Bertz CT molecular complexity index is 1000. The third-order valence-corrected chi connectivity index (χ3v) is 6.30. The summed E-state index contributed by atoms with van der Waals surface area (Å²) in [4.78, 5) is 1.26. The van der Waals surface area contributed by atoms with Crippen LogP contribution in [0.4, 0.5) is 0 Å². The standard InChI is InChI=1S/C25H24N2S2/c1-18(20-10-4-2-5-11-20)27-24(21-12-6-3-7-13-21)22-14-8-9-19(15-22)16-23-17-26-25(28)29-23/h2-16,18,24,27H,17H2,1H3,(H,26,28)/t18-,24?/m1/s1. The lowest BCUT2D eigenvalue weighted by atomic mass is 9.95. The van der Waals surface area contributed by atoms with E-state index in [2.05, 4.69) is 109 Å². The van der Waals surface area contributed by atoms with Gasteiger partial charge >= 0.3 is 0 Å². The minimum absolute atomic E-state index is 0.111. The zero-order valence-corrected chi connectivity index (χ0v) is 18.0. The van der Waals surface area contributed by atoms with E-state index in [1.165, 1.54) is 27.2 Å². The molecular weight excluding hydrogens is 392 g/mol. The SMILES string of the molecule is C[C@@H](NC(c1ccccc1)c1cccc(C=C2CNC(=S)S2)c1)c1ccccc1. The largest absolute Gasteiger partial charge is 0.366 e. The molecule has 1 heterocycles. The molecule has 2 nitrogen and oxygen atoms in total. The average Bonchev–Trinajstić information content (AvgIpc) is 3.17. The topological polar surface area (TPSA) is 24.1 Å².